The van der Waals surface area contributed by atoms with Gasteiger partial charge in [0, 0.05) is 37.2 Å². The van der Waals surface area contributed by atoms with Crippen molar-refractivity contribution in [2.45, 2.75) is 38.0 Å². The molecule has 1 atom stereocenters. The smallest absolute Gasteiger partial charge is 0.269 e. The highest BCUT2D eigenvalue weighted by atomic mass is 16.7. The van der Waals surface area contributed by atoms with Gasteiger partial charge in [0.05, 0.1) is 19.3 Å². The maximum absolute atomic E-state index is 12.8. The van der Waals surface area contributed by atoms with E-state index in [9.17, 15) is 9.59 Å². The molecule has 1 aromatic carbocycles. The maximum atomic E-state index is 12.8. The number of rotatable bonds is 8. The number of nitrogens with zero attached hydrogens (tertiary/aromatic N) is 1. The fourth-order valence-corrected chi connectivity index (χ4v) is 3.36. The lowest BCUT2D eigenvalue weighted by Gasteiger charge is -2.27. The average molecular weight is 427 g/mol. The topological polar surface area (TPSA) is 116 Å². The van der Waals surface area contributed by atoms with Crippen molar-refractivity contribution in [2.24, 2.45) is 5.73 Å². The molecule has 1 fully saturated rings. The standard InChI is InChI=1S/C23H30N4O4/c1-15(16-7-4-3-5-8-16)19-11-17(12-20(27-19)23(29)25-2)22(28)26-10-6-9-21-30-13-18(24)14-31-21/h3-5,7-8,11-12,15,18,21H,6,9-10,13-14,24H2,1-2H3,(H,25,29)(H,26,28)/t15-,18-,21-/m0/s1. The zero-order valence-corrected chi connectivity index (χ0v) is 18.0. The van der Waals surface area contributed by atoms with Crippen molar-refractivity contribution in [2.75, 3.05) is 26.8 Å². The van der Waals surface area contributed by atoms with Gasteiger partial charge in [-0.2, -0.15) is 0 Å². The van der Waals surface area contributed by atoms with E-state index >= 15 is 0 Å². The van der Waals surface area contributed by atoms with Gasteiger partial charge in [-0.3, -0.25) is 9.59 Å². The SMILES string of the molecule is CNC(=O)c1cc(C(=O)NCCC[C@H]2OC[C@H](N)CO2)cc([C@@H](C)c2ccccc2)n1. The van der Waals surface area contributed by atoms with E-state index in [4.69, 9.17) is 15.2 Å². The van der Waals surface area contributed by atoms with Crippen LogP contribution in [0.4, 0.5) is 0 Å². The van der Waals surface area contributed by atoms with Gasteiger partial charge in [-0.1, -0.05) is 37.3 Å². The molecule has 0 saturated carbocycles. The third-order valence-electron chi connectivity index (χ3n) is 5.20. The van der Waals surface area contributed by atoms with Crippen LogP contribution in [0.2, 0.25) is 0 Å². The molecule has 0 unspecified atom stereocenters. The molecule has 1 aliphatic rings. The lowest BCUT2D eigenvalue weighted by molar-refractivity contribution is -0.188. The van der Waals surface area contributed by atoms with Crippen LogP contribution in [-0.2, 0) is 9.47 Å². The van der Waals surface area contributed by atoms with E-state index in [-0.39, 0.29) is 35.8 Å². The zero-order valence-electron chi connectivity index (χ0n) is 18.0. The Morgan fingerprint density at radius 3 is 2.55 bits per heavy atom. The van der Waals surface area contributed by atoms with E-state index < -0.39 is 0 Å². The van der Waals surface area contributed by atoms with Gasteiger partial charge in [0.2, 0.25) is 0 Å². The second kappa shape index (κ2) is 11.0. The Balaban J connectivity index is 1.66. The minimum Gasteiger partial charge on any atom is -0.354 e. The van der Waals surface area contributed by atoms with Gasteiger partial charge in [0.1, 0.15) is 5.69 Å². The minimum absolute atomic E-state index is 0.0654. The molecule has 0 bridgehead atoms. The van der Waals surface area contributed by atoms with Crippen LogP contribution in [0.15, 0.2) is 42.5 Å². The lowest BCUT2D eigenvalue weighted by atomic mass is 9.96. The first-order chi connectivity index (χ1) is 15.0. The number of pyridine rings is 1. The van der Waals surface area contributed by atoms with Crippen LogP contribution in [0.1, 0.15) is 57.8 Å². The minimum atomic E-state index is -0.332. The number of carbonyl (C=O) groups excluding carboxylic acids is 2. The molecule has 8 heteroatoms. The number of carbonyl (C=O) groups is 2. The Kier molecular flexibility index (Phi) is 8.11. The molecular formula is C23H30N4O4. The molecule has 2 heterocycles. The second-order valence-electron chi connectivity index (χ2n) is 7.63. The Morgan fingerprint density at radius 2 is 1.87 bits per heavy atom. The summed E-state index contributed by atoms with van der Waals surface area (Å²) in [6.45, 7) is 3.44. The first kappa shape index (κ1) is 22.9. The first-order valence-electron chi connectivity index (χ1n) is 10.5. The van der Waals surface area contributed by atoms with Crippen molar-refractivity contribution in [3.63, 3.8) is 0 Å². The van der Waals surface area contributed by atoms with E-state index in [1.54, 1.807) is 13.1 Å². The van der Waals surface area contributed by atoms with Crippen LogP contribution >= 0.6 is 0 Å². The second-order valence-corrected chi connectivity index (χ2v) is 7.63. The fraction of sp³-hybridized carbons (Fsp3) is 0.435. The summed E-state index contributed by atoms with van der Waals surface area (Å²) in [5.74, 6) is -0.646. The van der Waals surface area contributed by atoms with E-state index in [0.29, 0.717) is 43.9 Å². The predicted octanol–water partition coefficient (Wildman–Crippen LogP) is 1.80. The van der Waals surface area contributed by atoms with Gasteiger partial charge in [0.25, 0.3) is 11.8 Å². The van der Waals surface area contributed by atoms with Crippen molar-refractivity contribution in [3.05, 3.63) is 65.0 Å². The summed E-state index contributed by atoms with van der Waals surface area (Å²) >= 11 is 0. The molecule has 166 valence electrons. The van der Waals surface area contributed by atoms with Crippen molar-refractivity contribution < 1.29 is 19.1 Å². The number of hydrogen-bond donors (Lipinski definition) is 3. The van der Waals surface area contributed by atoms with Gasteiger partial charge in [-0.05, 0) is 24.1 Å². The fourth-order valence-electron chi connectivity index (χ4n) is 3.36. The molecule has 4 N–H and O–H groups in total. The molecule has 0 spiro atoms. The molecule has 1 aliphatic heterocycles. The van der Waals surface area contributed by atoms with E-state index in [1.165, 1.54) is 6.07 Å². The highest BCUT2D eigenvalue weighted by molar-refractivity contribution is 5.98. The summed E-state index contributed by atoms with van der Waals surface area (Å²) < 4.78 is 11.0. The Morgan fingerprint density at radius 1 is 1.16 bits per heavy atom. The first-order valence-corrected chi connectivity index (χ1v) is 10.5. The number of amides is 2. The summed E-state index contributed by atoms with van der Waals surface area (Å²) in [6, 6.07) is 13.0. The van der Waals surface area contributed by atoms with Gasteiger partial charge in [-0.25, -0.2) is 4.98 Å². The number of hydrogen-bond acceptors (Lipinski definition) is 6. The Bertz CT molecular complexity index is 882. The van der Waals surface area contributed by atoms with Gasteiger partial charge < -0.3 is 25.8 Å². The Labute approximate surface area is 182 Å². The molecule has 3 rings (SSSR count). The van der Waals surface area contributed by atoms with Crippen molar-refractivity contribution >= 4 is 11.8 Å². The average Bonchev–Trinajstić information content (AvgIpc) is 2.82. The molecule has 8 nitrogen and oxygen atoms in total. The van der Waals surface area contributed by atoms with Gasteiger partial charge in [0.15, 0.2) is 6.29 Å². The molecule has 1 aromatic heterocycles. The third-order valence-corrected chi connectivity index (χ3v) is 5.20. The number of nitrogens with two attached hydrogens (primary N) is 1. The predicted molar refractivity (Wildman–Crippen MR) is 117 cm³/mol. The van der Waals surface area contributed by atoms with E-state index in [1.807, 2.05) is 37.3 Å². The summed E-state index contributed by atoms with van der Waals surface area (Å²) in [5, 5.41) is 5.48. The summed E-state index contributed by atoms with van der Waals surface area (Å²) in [4.78, 5) is 29.5. The van der Waals surface area contributed by atoms with Crippen LogP contribution in [0.3, 0.4) is 0 Å². The van der Waals surface area contributed by atoms with Crippen LogP contribution in [0, 0.1) is 0 Å². The monoisotopic (exact) mass is 426 g/mol. The number of benzene rings is 1. The van der Waals surface area contributed by atoms with Gasteiger partial charge in [-0.15, -0.1) is 0 Å². The van der Waals surface area contributed by atoms with E-state index in [2.05, 4.69) is 15.6 Å². The highest BCUT2D eigenvalue weighted by Crippen LogP contribution is 2.23. The van der Waals surface area contributed by atoms with Crippen LogP contribution < -0.4 is 16.4 Å². The van der Waals surface area contributed by atoms with Crippen LogP contribution in [0.25, 0.3) is 0 Å². The third kappa shape index (κ3) is 6.33. The largest absolute Gasteiger partial charge is 0.354 e. The molecule has 0 radical (unpaired) electrons. The van der Waals surface area contributed by atoms with Crippen LogP contribution in [-0.4, -0.2) is 55.9 Å². The Hall–Kier alpha value is -2.81. The number of aromatic nitrogens is 1. The summed E-state index contributed by atoms with van der Waals surface area (Å²) in [5.41, 5.74) is 8.07. The summed E-state index contributed by atoms with van der Waals surface area (Å²) in [6.07, 6.45) is 1.09. The quantitative estimate of drug-likeness (QED) is 0.555. The van der Waals surface area contributed by atoms with Crippen molar-refractivity contribution in [3.8, 4) is 0 Å². The van der Waals surface area contributed by atoms with Gasteiger partial charge >= 0.3 is 0 Å². The van der Waals surface area contributed by atoms with Crippen molar-refractivity contribution in [1.29, 1.82) is 0 Å². The summed E-state index contributed by atoms with van der Waals surface area (Å²) in [7, 11) is 1.54. The highest BCUT2D eigenvalue weighted by Gasteiger charge is 2.20. The zero-order chi connectivity index (χ0) is 22.2. The number of ether oxygens (including phenoxy) is 2. The molecule has 2 aromatic rings. The molecule has 1 saturated heterocycles. The normalized spacial score (nSPS) is 19.5. The maximum Gasteiger partial charge on any atom is 0.269 e. The van der Waals surface area contributed by atoms with E-state index in [0.717, 1.165) is 5.56 Å². The van der Waals surface area contributed by atoms with Crippen LogP contribution in [0.5, 0.6) is 0 Å². The van der Waals surface area contributed by atoms with Crippen molar-refractivity contribution in [1.82, 2.24) is 15.6 Å². The molecule has 2 amide bonds. The molecule has 31 heavy (non-hydrogen) atoms. The number of nitrogens with one attached hydrogen (secondary N) is 2. The molecule has 0 aliphatic carbocycles. The molecular weight excluding hydrogens is 396 g/mol. The lowest BCUT2D eigenvalue weighted by Crippen LogP contribution is -2.41.